The molecule has 20 heavy (non-hydrogen) atoms. The van der Waals surface area contributed by atoms with Crippen LogP contribution >= 0.6 is 22.7 Å². The van der Waals surface area contributed by atoms with E-state index in [-0.39, 0.29) is 0 Å². The Balaban J connectivity index is 2.22. The highest BCUT2D eigenvalue weighted by molar-refractivity contribution is 7.89. The van der Waals surface area contributed by atoms with Gasteiger partial charge in [-0.05, 0) is 25.4 Å². The van der Waals surface area contributed by atoms with Gasteiger partial charge < -0.3 is 5.32 Å². The first kappa shape index (κ1) is 15.6. The number of thiophene rings is 1. The largest absolute Gasteiger partial charge is 0.315 e. The molecule has 2 aromatic heterocycles. The van der Waals surface area contributed by atoms with E-state index in [1.807, 2.05) is 12.3 Å². The van der Waals surface area contributed by atoms with E-state index in [0.717, 1.165) is 15.6 Å². The predicted molar refractivity (Wildman–Crippen MR) is 82.6 cm³/mol. The lowest BCUT2D eigenvalue weighted by molar-refractivity contribution is 0.462. The Hall–Kier alpha value is -0.800. The minimum absolute atomic E-state index is 0.293. The summed E-state index contributed by atoms with van der Waals surface area (Å²) < 4.78 is 26.5. The summed E-state index contributed by atoms with van der Waals surface area (Å²) in [4.78, 5) is 5.52. The van der Waals surface area contributed by atoms with E-state index >= 15 is 0 Å². The maximum Gasteiger partial charge on any atom is 0.244 e. The van der Waals surface area contributed by atoms with Crippen LogP contribution in [0.2, 0.25) is 0 Å². The normalized spacial score (nSPS) is 12.2. The number of aromatic nitrogens is 1. The lowest BCUT2D eigenvalue weighted by Gasteiger charge is -2.16. The second-order valence-electron chi connectivity index (χ2n) is 4.36. The maximum absolute atomic E-state index is 12.6. The number of hydrogen-bond acceptors (Lipinski definition) is 6. The topological polar surface area (TPSA) is 62.3 Å². The van der Waals surface area contributed by atoms with Crippen molar-refractivity contribution >= 4 is 32.7 Å². The molecule has 0 aliphatic rings. The van der Waals surface area contributed by atoms with Gasteiger partial charge in [-0.3, -0.25) is 0 Å². The SMILES string of the molecule is CNCc1sccc1S(=O)(=O)N(C)Cc1csc(C)n1. The van der Waals surface area contributed by atoms with Crippen LogP contribution in [0.15, 0.2) is 21.7 Å². The maximum atomic E-state index is 12.6. The highest BCUT2D eigenvalue weighted by Gasteiger charge is 2.25. The van der Waals surface area contributed by atoms with Crippen LogP contribution in [0.1, 0.15) is 15.6 Å². The summed E-state index contributed by atoms with van der Waals surface area (Å²) in [6.07, 6.45) is 0. The molecule has 5 nitrogen and oxygen atoms in total. The summed E-state index contributed by atoms with van der Waals surface area (Å²) in [5.41, 5.74) is 0.781. The van der Waals surface area contributed by atoms with Crippen molar-refractivity contribution in [2.75, 3.05) is 14.1 Å². The smallest absolute Gasteiger partial charge is 0.244 e. The Morgan fingerprint density at radius 3 is 2.75 bits per heavy atom. The van der Waals surface area contributed by atoms with Crippen LogP contribution < -0.4 is 5.32 Å². The summed E-state index contributed by atoms with van der Waals surface area (Å²) in [6, 6.07) is 1.66. The fourth-order valence-corrected chi connectivity index (χ4v) is 4.98. The van der Waals surface area contributed by atoms with E-state index in [2.05, 4.69) is 10.3 Å². The molecule has 0 unspecified atom stereocenters. The Labute approximate surface area is 127 Å². The molecule has 2 rings (SSSR count). The quantitative estimate of drug-likeness (QED) is 0.880. The van der Waals surface area contributed by atoms with Crippen LogP contribution in [0.25, 0.3) is 0 Å². The molecular formula is C12H17N3O2S3. The monoisotopic (exact) mass is 331 g/mol. The standard InChI is InChI=1S/C12H17N3O2S3/c1-9-14-10(8-19-9)7-15(3)20(16,17)12-4-5-18-11(12)6-13-2/h4-5,8,13H,6-7H2,1-3H3. The summed E-state index contributed by atoms with van der Waals surface area (Å²) in [6.45, 7) is 2.75. The first-order valence-electron chi connectivity index (χ1n) is 6.03. The zero-order valence-corrected chi connectivity index (χ0v) is 14.0. The van der Waals surface area contributed by atoms with E-state index in [9.17, 15) is 8.42 Å². The molecule has 0 atom stereocenters. The van der Waals surface area contributed by atoms with Gasteiger partial charge >= 0.3 is 0 Å². The van der Waals surface area contributed by atoms with Crippen LogP contribution in [-0.4, -0.2) is 31.8 Å². The van der Waals surface area contributed by atoms with Crippen LogP contribution in [-0.2, 0) is 23.1 Å². The van der Waals surface area contributed by atoms with Crippen molar-refractivity contribution in [1.29, 1.82) is 0 Å². The number of nitrogens with zero attached hydrogens (tertiary/aromatic N) is 2. The third-order valence-corrected chi connectivity index (χ3v) is 6.54. The Bertz CT molecular complexity index is 676. The molecule has 0 saturated carbocycles. The highest BCUT2D eigenvalue weighted by Crippen LogP contribution is 2.25. The van der Waals surface area contributed by atoms with Crippen LogP contribution in [0.4, 0.5) is 0 Å². The van der Waals surface area contributed by atoms with E-state index in [1.54, 1.807) is 25.5 Å². The molecule has 0 radical (unpaired) electrons. The second kappa shape index (κ2) is 6.31. The van der Waals surface area contributed by atoms with Gasteiger partial charge in [0, 0.05) is 23.8 Å². The molecular weight excluding hydrogens is 314 g/mol. The molecule has 0 amide bonds. The molecule has 2 aromatic rings. The van der Waals surface area contributed by atoms with Crippen LogP contribution in [0.3, 0.4) is 0 Å². The molecule has 0 saturated heterocycles. The highest BCUT2D eigenvalue weighted by atomic mass is 32.2. The van der Waals surface area contributed by atoms with Gasteiger partial charge in [-0.25, -0.2) is 13.4 Å². The fourth-order valence-electron chi connectivity index (χ4n) is 1.81. The zero-order chi connectivity index (χ0) is 14.8. The molecule has 2 heterocycles. The lowest BCUT2D eigenvalue weighted by Crippen LogP contribution is -2.27. The second-order valence-corrected chi connectivity index (χ2v) is 8.43. The average Bonchev–Trinajstić information content (AvgIpc) is 2.99. The summed E-state index contributed by atoms with van der Waals surface area (Å²) in [5.74, 6) is 0. The fraction of sp³-hybridized carbons (Fsp3) is 0.417. The van der Waals surface area contributed by atoms with E-state index in [0.29, 0.717) is 18.0 Å². The van der Waals surface area contributed by atoms with Gasteiger partial charge in [0.25, 0.3) is 0 Å². The van der Waals surface area contributed by atoms with Gasteiger partial charge in [0.1, 0.15) is 0 Å². The van der Waals surface area contributed by atoms with E-state index in [4.69, 9.17) is 0 Å². The lowest BCUT2D eigenvalue weighted by atomic mass is 10.5. The summed E-state index contributed by atoms with van der Waals surface area (Å²) >= 11 is 2.97. The molecule has 0 aliphatic heterocycles. The number of hydrogen-bond donors (Lipinski definition) is 1. The molecule has 0 spiro atoms. The minimum atomic E-state index is -3.47. The number of thiazole rings is 1. The van der Waals surface area contributed by atoms with Crippen molar-refractivity contribution in [2.24, 2.45) is 0 Å². The molecule has 0 aromatic carbocycles. The third kappa shape index (κ3) is 3.26. The molecule has 0 bridgehead atoms. The van der Waals surface area contributed by atoms with Crippen molar-refractivity contribution < 1.29 is 8.42 Å². The van der Waals surface area contributed by atoms with E-state index in [1.165, 1.54) is 27.0 Å². The Morgan fingerprint density at radius 2 is 2.15 bits per heavy atom. The minimum Gasteiger partial charge on any atom is -0.315 e. The van der Waals surface area contributed by atoms with Gasteiger partial charge in [0.2, 0.25) is 10.0 Å². The molecule has 8 heteroatoms. The molecule has 0 fully saturated rings. The van der Waals surface area contributed by atoms with Gasteiger partial charge in [-0.1, -0.05) is 0 Å². The van der Waals surface area contributed by atoms with Crippen molar-refractivity contribution in [1.82, 2.24) is 14.6 Å². The zero-order valence-electron chi connectivity index (χ0n) is 11.6. The Morgan fingerprint density at radius 1 is 1.40 bits per heavy atom. The van der Waals surface area contributed by atoms with Gasteiger partial charge in [0.15, 0.2) is 0 Å². The first-order valence-corrected chi connectivity index (χ1v) is 9.23. The number of sulfonamides is 1. The van der Waals surface area contributed by atoms with Crippen molar-refractivity contribution in [3.05, 3.63) is 32.4 Å². The predicted octanol–water partition coefficient (Wildman–Crippen LogP) is 2.05. The van der Waals surface area contributed by atoms with Crippen molar-refractivity contribution in [3.8, 4) is 0 Å². The molecule has 0 aliphatic carbocycles. The third-order valence-electron chi connectivity index (χ3n) is 2.78. The molecule has 1 N–H and O–H groups in total. The number of rotatable bonds is 6. The van der Waals surface area contributed by atoms with E-state index < -0.39 is 10.0 Å². The van der Waals surface area contributed by atoms with Crippen molar-refractivity contribution in [3.63, 3.8) is 0 Å². The summed E-state index contributed by atoms with van der Waals surface area (Å²) in [5, 5.41) is 7.63. The first-order chi connectivity index (χ1) is 9.45. The van der Waals surface area contributed by atoms with Crippen molar-refractivity contribution in [2.45, 2.75) is 24.9 Å². The van der Waals surface area contributed by atoms with Gasteiger partial charge in [0.05, 0.1) is 22.1 Å². The number of nitrogens with one attached hydrogen (secondary N) is 1. The van der Waals surface area contributed by atoms with Gasteiger partial charge in [-0.15, -0.1) is 22.7 Å². The van der Waals surface area contributed by atoms with Crippen LogP contribution in [0.5, 0.6) is 0 Å². The Kier molecular flexibility index (Phi) is 4.92. The van der Waals surface area contributed by atoms with Crippen LogP contribution in [0, 0.1) is 6.92 Å². The molecule has 110 valence electrons. The van der Waals surface area contributed by atoms with Gasteiger partial charge in [-0.2, -0.15) is 4.31 Å². The number of aryl methyl sites for hydroxylation is 1. The summed E-state index contributed by atoms with van der Waals surface area (Å²) in [7, 11) is -0.0775. The average molecular weight is 331 g/mol.